The number of ether oxygens (including phenoxy) is 3. The summed E-state index contributed by atoms with van der Waals surface area (Å²) in [5, 5.41) is 15.7. The zero-order valence-electron chi connectivity index (χ0n) is 23.9. The van der Waals surface area contributed by atoms with Crippen molar-refractivity contribution in [1.82, 2.24) is 14.8 Å². The Bertz CT molecular complexity index is 1740. The Balaban J connectivity index is 1.42. The van der Waals surface area contributed by atoms with Crippen LogP contribution < -0.4 is 9.47 Å². The zero-order chi connectivity index (χ0) is 29.5. The number of esters is 1. The van der Waals surface area contributed by atoms with E-state index >= 15 is 0 Å². The van der Waals surface area contributed by atoms with Gasteiger partial charge in [0.1, 0.15) is 36.5 Å². The monoisotopic (exact) mass is 560 g/mol. The molecule has 42 heavy (non-hydrogen) atoms. The molecule has 8 heteroatoms. The molecule has 0 aliphatic heterocycles. The largest absolute Gasteiger partial charge is 0.487 e. The van der Waals surface area contributed by atoms with Gasteiger partial charge in [0.15, 0.2) is 0 Å². The van der Waals surface area contributed by atoms with Crippen LogP contribution in [0.5, 0.6) is 11.5 Å². The first kappa shape index (κ1) is 28.4. The second-order valence-electron chi connectivity index (χ2n) is 10.1. The van der Waals surface area contributed by atoms with Crippen molar-refractivity contribution in [3.05, 3.63) is 108 Å². The van der Waals surface area contributed by atoms with E-state index in [-0.39, 0.29) is 25.0 Å². The molecule has 0 saturated carbocycles. The minimum Gasteiger partial charge on any atom is -0.487 e. The Kier molecular flexibility index (Phi) is 8.78. The van der Waals surface area contributed by atoms with E-state index < -0.39 is 0 Å². The van der Waals surface area contributed by atoms with Crippen molar-refractivity contribution in [3.63, 3.8) is 0 Å². The number of nitriles is 1. The quantitative estimate of drug-likeness (QED) is 0.164. The van der Waals surface area contributed by atoms with Crippen LogP contribution in [0.2, 0.25) is 0 Å². The second-order valence-corrected chi connectivity index (χ2v) is 10.1. The first-order chi connectivity index (χ1) is 20.5. The third-order valence-electron chi connectivity index (χ3n) is 6.80. The van der Waals surface area contributed by atoms with Crippen LogP contribution in [-0.4, -0.2) is 27.3 Å². The Hall–Kier alpha value is -5.16. The van der Waals surface area contributed by atoms with Gasteiger partial charge in [0.05, 0.1) is 24.1 Å². The lowest BCUT2D eigenvalue weighted by Crippen LogP contribution is -2.09. The number of nitrogens with zero attached hydrogens (tertiary/aromatic N) is 4. The van der Waals surface area contributed by atoms with Gasteiger partial charge >= 0.3 is 5.97 Å². The summed E-state index contributed by atoms with van der Waals surface area (Å²) >= 11 is 0. The molecule has 0 fully saturated rings. The highest BCUT2D eigenvalue weighted by molar-refractivity contribution is 5.87. The molecule has 8 nitrogen and oxygen atoms in total. The molecule has 0 unspecified atom stereocenters. The molecule has 0 bridgehead atoms. The van der Waals surface area contributed by atoms with Gasteiger partial charge in [-0.2, -0.15) is 10.4 Å². The van der Waals surface area contributed by atoms with Crippen LogP contribution >= 0.6 is 0 Å². The molecule has 5 rings (SSSR count). The highest BCUT2D eigenvalue weighted by atomic mass is 16.5. The number of rotatable bonds is 11. The molecule has 0 N–H and O–H groups in total. The summed E-state index contributed by atoms with van der Waals surface area (Å²) in [5.74, 6) is 0.849. The molecule has 0 atom stereocenters. The number of para-hydroxylation sites is 1. The number of hydrogen-bond donors (Lipinski definition) is 0. The Morgan fingerprint density at radius 2 is 1.74 bits per heavy atom. The highest BCUT2D eigenvalue weighted by Crippen LogP contribution is 2.32. The fourth-order valence-electron chi connectivity index (χ4n) is 4.76. The summed E-state index contributed by atoms with van der Waals surface area (Å²) in [5.41, 5.74) is 5.76. The van der Waals surface area contributed by atoms with Crippen LogP contribution in [0.15, 0.2) is 85.2 Å². The lowest BCUT2D eigenvalue weighted by atomic mass is 10.0. The number of fused-ring (bicyclic) bond motifs is 1. The summed E-state index contributed by atoms with van der Waals surface area (Å²) in [6.07, 6.45) is 3.59. The summed E-state index contributed by atoms with van der Waals surface area (Å²) in [4.78, 5) is 16.2. The number of carbonyl (C=O) groups excluding carboxylic acids is 1. The van der Waals surface area contributed by atoms with Crippen LogP contribution in [0.1, 0.15) is 49.2 Å². The summed E-state index contributed by atoms with van der Waals surface area (Å²) in [6.45, 7) is 6.85. The number of hydrogen-bond acceptors (Lipinski definition) is 7. The Labute approximate surface area is 245 Å². The molecule has 0 saturated heterocycles. The van der Waals surface area contributed by atoms with Crippen molar-refractivity contribution in [2.45, 2.75) is 46.4 Å². The van der Waals surface area contributed by atoms with Crippen LogP contribution in [-0.2, 0) is 29.2 Å². The van der Waals surface area contributed by atoms with Gasteiger partial charge in [0, 0.05) is 34.9 Å². The molecule has 0 radical (unpaired) electrons. The zero-order valence-corrected chi connectivity index (χ0v) is 23.9. The SMILES string of the molecule is CCOC(=O)Cc1ccccc1OCc1nn(C(C)C)c2ccc(-c3ccc(OCc4cccnc4)c(C#N)c3)cc12. The van der Waals surface area contributed by atoms with E-state index in [0.717, 1.165) is 38.9 Å². The van der Waals surface area contributed by atoms with E-state index in [4.69, 9.17) is 19.3 Å². The van der Waals surface area contributed by atoms with E-state index in [2.05, 4.69) is 37.0 Å². The molecule has 0 amide bonds. The van der Waals surface area contributed by atoms with E-state index in [1.807, 2.05) is 65.3 Å². The van der Waals surface area contributed by atoms with E-state index in [9.17, 15) is 10.1 Å². The maximum absolute atomic E-state index is 12.1. The molecule has 2 heterocycles. The first-order valence-corrected chi connectivity index (χ1v) is 13.9. The average Bonchev–Trinajstić information content (AvgIpc) is 3.38. The summed E-state index contributed by atoms with van der Waals surface area (Å²) < 4.78 is 19.2. The third-order valence-corrected chi connectivity index (χ3v) is 6.80. The predicted octanol–water partition coefficient (Wildman–Crippen LogP) is 6.81. The Morgan fingerprint density at radius 1 is 0.952 bits per heavy atom. The topological polar surface area (TPSA) is 99.3 Å². The van der Waals surface area contributed by atoms with Crippen molar-refractivity contribution < 1.29 is 19.0 Å². The highest BCUT2D eigenvalue weighted by Gasteiger charge is 2.17. The molecule has 0 spiro atoms. The van der Waals surface area contributed by atoms with E-state index in [1.165, 1.54) is 0 Å². The van der Waals surface area contributed by atoms with E-state index in [1.54, 1.807) is 19.3 Å². The van der Waals surface area contributed by atoms with Gasteiger partial charge in [-0.1, -0.05) is 36.4 Å². The summed E-state index contributed by atoms with van der Waals surface area (Å²) in [6, 6.07) is 25.5. The smallest absolute Gasteiger partial charge is 0.310 e. The van der Waals surface area contributed by atoms with E-state index in [0.29, 0.717) is 30.3 Å². The van der Waals surface area contributed by atoms with Gasteiger partial charge in [-0.05, 0) is 68.3 Å². The van der Waals surface area contributed by atoms with Crippen molar-refractivity contribution in [1.29, 1.82) is 5.26 Å². The second kappa shape index (κ2) is 13.0. The van der Waals surface area contributed by atoms with Crippen LogP contribution in [0.4, 0.5) is 0 Å². The number of aromatic nitrogens is 3. The van der Waals surface area contributed by atoms with Crippen molar-refractivity contribution >= 4 is 16.9 Å². The van der Waals surface area contributed by atoms with Gasteiger partial charge in [-0.15, -0.1) is 0 Å². The van der Waals surface area contributed by atoms with Gasteiger partial charge in [-0.25, -0.2) is 0 Å². The Morgan fingerprint density at radius 3 is 2.50 bits per heavy atom. The van der Waals surface area contributed by atoms with Crippen LogP contribution in [0.3, 0.4) is 0 Å². The van der Waals surface area contributed by atoms with Crippen molar-refractivity contribution in [3.8, 4) is 28.7 Å². The average molecular weight is 561 g/mol. The molecule has 0 aliphatic carbocycles. The molecule has 2 aromatic heterocycles. The molecular formula is C34H32N4O4. The minimum absolute atomic E-state index is 0.137. The predicted molar refractivity (Wildman–Crippen MR) is 160 cm³/mol. The van der Waals surface area contributed by atoms with Gasteiger partial charge < -0.3 is 14.2 Å². The fourth-order valence-corrected chi connectivity index (χ4v) is 4.76. The minimum atomic E-state index is -0.294. The van der Waals surface area contributed by atoms with Crippen LogP contribution in [0.25, 0.3) is 22.0 Å². The normalized spacial score (nSPS) is 10.9. The molecule has 0 aliphatic rings. The maximum atomic E-state index is 12.1. The molecule has 5 aromatic rings. The fraction of sp³-hybridized carbons (Fsp3) is 0.235. The maximum Gasteiger partial charge on any atom is 0.310 e. The first-order valence-electron chi connectivity index (χ1n) is 13.9. The molecular weight excluding hydrogens is 528 g/mol. The van der Waals surface area contributed by atoms with Crippen LogP contribution in [0, 0.1) is 11.3 Å². The third kappa shape index (κ3) is 6.42. The van der Waals surface area contributed by atoms with Gasteiger partial charge in [-0.3, -0.25) is 14.5 Å². The number of carbonyl (C=O) groups is 1. The lowest BCUT2D eigenvalue weighted by Gasteiger charge is -2.11. The molecule has 212 valence electrons. The number of pyridine rings is 1. The van der Waals surface area contributed by atoms with Crippen molar-refractivity contribution in [2.24, 2.45) is 0 Å². The van der Waals surface area contributed by atoms with Gasteiger partial charge in [0.2, 0.25) is 0 Å². The van der Waals surface area contributed by atoms with Crippen molar-refractivity contribution in [2.75, 3.05) is 6.61 Å². The number of benzene rings is 3. The lowest BCUT2D eigenvalue weighted by molar-refractivity contribution is -0.142. The van der Waals surface area contributed by atoms with Gasteiger partial charge in [0.25, 0.3) is 0 Å². The summed E-state index contributed by atoms with van der Waals surface area (Å²) in [7, 11) is 0. The standard InChI is InChI=1S/C34H32N4O4/c1-4-40-34(39)18-27-9-5-6-10-32(27)42-22-30-29-17-26(11-13-31(29)38(37-30)23(2)3)25-12-14-33(28(16-25)19-35)41-21-24-8-7-15-36-20-24/h5-17,20,23H,4,18,21-22H2,1-3H3. The molecule has 3 aromatic carbocycles.